The summed E-state index contributed by atoms with van der Waals surface area (Å²) in [5, 5.41) is 19.1. The van der Waals surface area contributed by atoms with Crippen LogP contribution in [-0.2, 0) is 19.4 Å². The lowest BCUT2D eigenvalue weighted by Gasteiger charge is -2.00. The number of aromatic hydroxyl groups is 1. The first kappa shape index (κ1) is 15.1. The van der Waals surface area contributed by atoms with Crippen molar-refractivity contribution in [1.29, 1.82) is 0 Å². The fourth-order valence-electron chi connectivity index (χ4n) is 3.27. The number of aryl methyl sites for hydroxylation is 3. The molecule has 0 aliphatic heterocycles. The van der Waals surface area contributed by atoms with E-state index in [2.05, 4.69) is 10.2 Å². The van der Waals surface area contributed by atoms with E-state index in [4.69, 9.17) is 0 Å². The van der Waals surface area contributed by atoms with Crippen molar-refractivity contribution in [2.45, 2.75) is 32.7 Å². The normalized spacial score (nSPS) is 13.9. The van der Waals surface area contributed by atoms with E-state index in [1.807, 2.05) is 37.3 Å². The summed E-state index contributed by atoms with van der Waals surface area (Å²) in [4.78, 5) is 14.2. The van der Waals surface area contributed by atoms with Gasteiger partial charge in [0.2, 0.25) is 5.88 Å². The molecule has 4 rings (SSSR count). The van der Waals surface area contributed by atoms with Crippen molar-refractivity contribution >= 4 is 33.8 Å². The largest absolute Gasteiger partial charge is 0.493 e. The van der Waals surface area contributed by atoms with E-state index < -0.39 is 0 Å². The maximum absolute atomic E-state index is 12.3. The zero-order valence-electron chi connectivity index (χ0n) is 13.3. The van der Waals surface area contributed by atoms with Crippen molar-refractivity contribution in [3.63, 3.8) is 0 Å². The lowest BCUT2D eigenvalue weighted by atomic mass is 10.2. The Morgan fingerprint density at radius 1 is 1.33 bits per heavy atom. The van der Waals surface area contributed by atoms with E-state index >= 15 is 0 Å². The third kappa shape index (κ3) is 2.34. The Kier molecular flexibility index (Phi) is 3.69. The molecule has 0 saturated heterocycles. The van der Waals surface area contributed by atoms with Gasteiger partial charge in [0.15, 0.2) is 5.69 Å². The number of thiophene rings is 1. The first-order valence-electron chi connectivity index (χ1n) is 8.07. The van der Waals surface area contributed by atoms with Crippen LogP contribution in [0, 0.1) is 0 Å². The highest BCUT2D eigenvalue weighted by Gasteiger charge is 2.19. The van der Waals surface area contributed by atoms with Gasteiger partial charge in [0, 0.05) is 16.8 Å². The Balaban J connectivity index is 1.69. The Morgan fingerprint density at radius 3 is 2.96 bits per heavy atom. The average molecular weight is 339 g/mol. The maximum Gasteiger partial charge on any atom is 0.305 e. The Morgan fingerprint density at radius 2 is 2.17 bits per heavy atom. The predicted octanol–water partition coefficient (Wildman–Crippen LogP) is 4.84. The fourth-order valence-corrected chi connectivity index (χ4v) is 4.40. The monoisotopic (exact) mass is 339 g/mol. The molecule has 2 heterocycles. The van der Waals surface area contributed by atoms with Crippen LogP contribution in [-0.4, -0.2) is 15.6 Å². The number of nitrogens with zero attached hydrogens (tertiary/aromatic N) is 3. The van der Waals surface area contributed by atoms with Crippen molar-refractivity contribution in [2.75, 3.05) is 0 Å². The Labute approximate surface area is 143 Å². The van der Waals surface area contributed by atoms with Crippen LogP contribution in [0.2, 0.25) is 0 Å². The molecule has 2 aromatic heterocycles. The lowest BCUT2D eigenvalue weighted by Crippen LogP contribution is -1.91. The highest BCUT2D eigenvalue weighted by atomic mass is 32.1. The molecule has 0 unspecified atom stereocenters. The molecule has 6 heteroatoms. The van der Waals surface area contributed by atoms with Crippen LogP contribution in [0.25, 0.3) is 10.9 Å². The molecule has 0 saturated carbocycles. The summed E-state index contributed by atoms with van der Waals surface area (Å²) in [6, 6.07) is 9.52. The number of aromatic nitrogens is 1. The first-order valence-corrected chi connectivity index (χ1v) is 8.88. The molecule has 24 heavy (non-hydrogen) atoms. The van der Waals surface area contributed by atoms with E-state index in [1.54, 1.807) is 4.57 Å². The van der Waals surface area contributed by atoms with Gasteiger partial charge in [-0.15, -0.1) is 21.6 Å². The van der Waals surface area contributed by atoms with Crippen molar-refractivity contribution < 1.29 is 9.90 Å². The Bertz CT molecular complexity index is 947. The number of para-hydroxylation sites is 1. The van der Waals surface area contributed by atoms with E-state index in [1.165, 1.54) is 28.2 Å². The Hall–Kier alpha value is -2.47. The smallest absolute Gasteiger partial charge is 0.305 e. The van der Waals surface area contributed by atoms with Crippen LogP contribution in [0.15, 0.2) is 40.6 Å². The number of carbonyl (C=O) groups is 1. The number of fused-ring (bicyclic) bond motifs is 2. The molecule has 122 valence electrons. The average Bonchev–Trinajstić information content (AvgIpc) is 3.24. The van der Waals surface area contributed by atoms with Gasteiger partial charge < -0.3 is 9.67 Å². The second kappa shape index (κ2) is 5.87. The standard InChI is InChI=1S/C18H17N3O2S/c1-2-21-13-8-4-3-7-12(13)16(18(21)23)19-20-17(22)15-10-11-6-5-9-14(11)24-15/h3-4,7-8,10,23H,2,5-6,9H2,1H3. The van der Waals surface area contributed by atoms with Crippen LogP contribution < -0.4 is 0 Å². The van der Waals surface area contributed by atoms with Gasteiger partial charge in [0.1, 0.15) is 0 Å². The minimum absolute atomic E-state index is 0.0453. The molecule has 1 aromatic carbocycles. The van der Waals surface area contributed by atoms with E-state index in [0.717, 1.165) is 23.7 Å². The molecule has 1 aliphatic carbocycles. The maximum atomic E-state index is 12.3. The predicted molar refractivity (Wildman–Crippen MR) is 94.5 cm³/mol. The van der Waals surface area contributed by atoms with Crippen LogP contribution in [0.4, 0.5) is 5.69 Å². The highest BCUT2D eigenvalue weighted by molar-refractivity contribution is 7.14. The highest BCUT2D eigenvalue weighted by Crippen LogP contribution is 2.39. The SMILES string of the molecule is CCn1c(O)c(N=NC(=O)c2cc3c(s2)CCC3)c2ccccc21. The minimum atomic E-state index is -0.345. The fraction of sp³-hybridized carbons (Fsp3) is 0.278. The molecule has 0 atom stereocenters. The number of hydrogen-bond acceptors (Lipinski definition) is 4. The number of rotatable bonds is 3. The third-order valence-corrected chi connectivity index (χ3v) is 5.66. The van der Waals surface area contributed by atoms with Gasteiger partial charge in [-0.05, 0) is 43.9 Å². The van der Waals surface area contributed by atoms with Crippen LogP contribution in [0.1, 0.15) is 33.5 Å². The number of carbonyl (C=O) groups excluding carboxylic acids is 1. The molecule has 1 amide bonds. The first-order chi connectivity index (χ1) is 11.7. The molecule has 1 N–H and O–H groups in total. The summed E-state index contributed by atoms with van der Waals surface area (Å²) < 4.78 is 1.76. The van der Waals surface area contributed by atoms with Crippen molar-refractivity contribution in [3.05, 3.63) is 45.6 Å². The van der Waals surface area contributed by atoms with Gasteiger partial charge in [-0.25, -0.2) is 0 Å². The molecule has 0 fully saturated rings. The quantitative estimate of drug-likeness (QED) is 0.694. The van der Waals surface area contributed by atoms with Crippen LogP contribution >= 0.6 is 11.3 Å². The van der Waals surface area contributed by atoms with Gasteiger partial charge in [0.25, 0.3) is 0 Å². The molecule has 0 bridgehead atoms. The van der Waals surface area contributed by atoms with Crippen molar-refractivity contribution in [1.82, 2.24) is 4.57 Å². The van der Waals surface area contributed by atoms with E-state index in [0.29, 0.717) is 17.1 Å². The van der Waals surface area contributed by atoms with Crippen LogP contribution in [0.5, 0.6) is 5.88 Å². The van der Waals surface area contributed by atoms with Crippen LogP contribution in [0.3, 0.4) is 0 Å². The third-order valence-electron chi connectivity index (χ3n) is 4.43. The van der Waals surface area contributed by atoms with E-state index in [-0.39, 0.29) is 11.8 Å². The summed E-state index contributed by atoms with van der Waals surface area (Å²) in [7, 11) is 0. The molecular weight excluding hydrogens is 322 g/mol. The van der Waals surface area contributed by atoms with E-state index in [9.17, 15) is 9.90 Å². The summed E-state index contributed by atoms with van der Waals surface area (Å²) in [5.41, 5.74) is 2.50. The summed E-state index contributed by atoms with van der Waals surface area (Å²) in [5.74, 6) is -0.300. The number of benzene rings is 1. The molecule has 0 radical (unpaired) electrons. The molecule has 1 aliphatic rings. The number of azo groups is 1. The van der Waals surface area contributed by atoms with Gasteiger partial charge in [0.05, 0.1) is 10.4 Å². The summed E-state index contributed by atoms with van der Waals surface area (Å²) in [6.07, 6.45) is 3.26. The zero-order chi connectivity index (χ0) is 16.7. The van der Waals surface area contributed by atoms with Gasteiger partial charge in [-0.2, -0.15) is 0 Å². The summed E-state index contributed by atoms with van der Waals surface area (Å²) >= 11 is 1.51. The minimum Gasteiger partial charge on any atom is -0.493 e. The van der Waals surface area contributed by atoms with Crippen molar-refractivity contribution in [3.8, 4) is 5.88 Å². The zero-order valence-corrected chi connectivity index (χ0v) is 14.1. The number of hydrogen-bond donors (Lipinski definition) is 1. The molecule has 5 nitrogen and oxygen atoms in total. The van der Waals surface area contributed by atoms with Gasteiger partial charge in [-0.1, -0.05) is 18.2 Å². The second-order valence-corrected chi connectivity index (χ2v) is 6.99. The molecule has 3 aromatic rings. The van der Waals surface area contributed by atoms with Gasteiger partial charge >= 0.3 is 5.91 Å². The summed E-state index contributed by atoms with van der Waals surface area (Å²) in [6.45, 7) is 2.57. The second-order valence-electron chi connectivity index (χ2n) is 5.85. The molecular formula is C18H17N3O2S. The van der Waals surface area contributed by atoms with Crippen molar-refractivity contribution in [2.24, 2.45) is 10.2 Å². The topological polar surface area (TPSA) is 66.9 Å². The van der Waals surface area contributed by atoms with Gasteiger partial charge in [-0.3, -0.25) is 4.79 Å². The number of amides is 1. The lowest BCUT2D eigenvalue weighted by molar-refractivity contribution is 0.0999. The molecule has 0 spiro atoms.